The summed E-state index contributed by atoms with van der Waals surface area (Å²) in [6.07, 6.45) is 9.87. The van der Waals surface area contributed by atoms with Gasteiger partial charge in [-0.15, -0.1) is 0 Å². The van der Waals surface area contributed by atoms with Gasteiger partial charge in [0.05, 0.1) is 0 Å². The molecule has 0 aromatic heterocycles. The highest BCUT2D eigenvalue weighted by Crippen LogP contribution is 2.11. The van der Waals surface area contributed by atoms with Crippen molar-refractivity contribution in [2.45, 2.75) is 83.9 Å². The van der Waals surface area contributed by atoms with Gasteiger partial charge in [0, 0.05) is 9.11 Å². The number of carbonyl (C=O) groups is 1. The zero-order chi connectivity index (χ0) is 13.9. The Morgan fingerprint density at radius 3 is 1.62 bits per heavy atom. The van der Waals surface area contributed by atoms with Crippen LogP contribution in [0, 0.1) is 0 Å². The molecule has 0 radical (unpaired) electrons. The zero-order valence-corrected chi connectivity index (χ0v) is 10.6. The van der Waals surface area contributed by atoms with E-state index in [9.17, 15) is 4.79 Å². The minimum atomic E-state index is -2.04. The van der Waals surface area contributed by atoms with E-state index in [1.807, 2.05) is 0 Å². The third-order valence-corrected chi connectivity index (χ3v) is 2.81. The average Bonchev–Trinajstić information content (AvgIpc) is 2.31. The summed E-state index contributed by atoms with van der Waals surface area (Å²) in [4.78, 5) is 10.5. The first-order valence-electron chi connectivity index (χ1n) is 7.74. The molecule has 0 saturated carbocycles. The number of aliphatic carboxylic acids is 1. The first kappa shape index (κ1) is 11.9. The molecule has 16 heavy (non-hydrogen) atoms. The molecule has 0 aliphatic rings. The molecule has 0 aromatic rings. The topological polar surface area (TPSA) is 37.3 Å². The van der Waals surface area contributed by atoms with Gasteiger partial charge in [-0.1, -0.05) is 71.1 Å². The predicted octanol–water partition coefficient (Wildman–Crippen LogP) is 4.77. The first-order chi connectivity index (χ1) is 8.50. The predicted molar refractivity (Wildman–Crippen MR) is 68.7 cm³/mol. The Morgan fingerprint density at radius 2 is 1.25 bits per heavy atom. The average molecular weight is 230 g/mol. The van der Waals surface area contributed by atoms with Crippen molar-refractivity contribution in [3.63, 3.8) is 0 Å². The van der Waals surface area contributed by atoms with Crippen LogP contribution >= 0.6 is 0 Å². The van der Waals surface area contributed by atoms with Gasteiger partial charge in [0.25, 0.3) is 0 Å². The molecule has 96 valence electrons. The van der Waals surface area contributed by atoms with Crippen LogP contribution in [0.25, 0.3) is 0 Å². The first-order valence-corrected chi connectivity index (χ1v) is 6.74. The van der Waals surface area contributed by atoms with E-state index >= 15 is 0 Å². The summed E-state index contributed by atoms with van der Waals surface area (Å²) < 4.78 is 14.5. The second-order valence-corrected chi connectivity index (χ2v) is 4.41. The molecule has 0 fully saturated rings. The highest BCUT2D eigenvalue weighted by atomic mass is 16.4. The molecule has 0 aliphatic heterocycles. The second-order valence-electron chi connectivity index (χ2n) is 4.41. The molecule has 0 heterocycles. The van der Waals surface area contributed by atoms with Crippen LogP contribution in [-0.2, 0) is 4.79 Å². The van der Waals surface area contributed by atoms with Crippen molar-refractivity contribution in [1.82, 2.24) is 0 Å². The lowest BCUT2D eigenvalue weighted by Crippen LogP contribution is -1.93. The van der Waals surface area contributed by atoms with Gasteiger partial charge in [0.2, 0.25) is 0 Å². The van der Waals surface area contributed by atoms with Gasteiger partial charge < -0.3 is 5.11 Å². The normalized spacial score (nSPS) is 13.3. The Balaban J connectivity index is 3.24. The molecule has 2 heteroatoms. The number of hydrogen-bond acceptors (Lipinski definition) is 1. The Bertz CT molecular complexity index is 218. The molecule has 0 spiro atoms. The van der Waals surface area contributed by atoms with Crippen molar-refractivity contribution in [2.75, 3.05) is 0 Å². The van der Waals surface area contributed by atoms with E-state index in [-0.39, 0.29) is 6.42 Å². The Kier molecular flexibility index (Phi) is 9.36. The fraction of sp³-hybridized carbons (Fsp3) is 0.929. The third-order valence-electron chi connectivity index (χ3n) is 2.81. The Labute approximate surface area is 103 Å². The maximum Gasteiger partial charge on any atom is 0.303 e. The molecular formula is C14H28O2. The van der Waals surface area contributed by atoms with E-state index in [1.54, 1.807) is 0 Å². The number of unbranched alkanes of at least 4 members (excludes halogenated alkanes) is 9. The van der Waals surface area contributed by atoms with E-state index in [4.69, 9.17) is 7.85 Å². The van der Waals surface area contributed by atoms with Gasteiger partial charge in [-0.05, 0) is 6.42 Å². The molecule has 0 bridgehead atoms. The standard InChI is InChI=1S/C14H28O2/c1-2-3-4-5-6-7-8-9-10-11-12-13-14(15)16/h2-13H2,1H3,(H,15,16)/i13D2. The van der Waals surface area contributed by atoms with Crippen molar-refractivity contribution in [3.05, 3.63) is 0 Å². The zero-order valence-electron chi connectivity index (χ0n) is 12.6. The monoisotopic (exact) mass is 230 g/mol. The smallest absolute Gasteiger partial charge is 0.303 e. The maximum absolute atomic E-state index is 10.5. The van der Waals surface area contributed by atoms with Gasteiger partial charge in [-0.3, -0.25) is 4.79 Å². The summed E-state index contributed by atoms with van der Waals surface area (Å²) in [6.45, 7) is 2.22. The van der Waals surface area contributed by atoms with Crippen molar-refractivity contribution in [1.29, 1.82) is 0 Å². The fourth-order valence-electron chi connectivity index (χ4n) is 1.81. The molecular weight excluding hydrogens is 200 g/mol. The molecule has 0 atom stereocenters. The lowest BCUT2D eigenvalue weighted by Gasteiger charge is -2.01. The SMILES string of the molecule is [2H]C([2H])(CCCCCCCCCCCC)C(=O)O. The number of rotatable bonds is 12. The number of carboxylic acids is 1. The number of carboxylic acid groups (broad SMARTS) is 1. The highest BCUT2D eigenvalue weighted by Gasteiger charge is 1.96. The summed E-state index contributed by atoms with van der Waals surface area (Å²) in [5.74, 6) is -1.33. The Hall–Kier alpha value is -0.530. The van der Waals surface area contributed by atoms with Gasteiger partial charge >= 0.3 is 5.97 Å². The quantitative estimate of drug-likeness (QED) is 0.490. The van der Waals surface area contributed by atoms with Crippen molar-refractivity contribution >= 4 is 5.97 Å². The minimum absolute atomic E-state index is 0.138. The maximum atomic E-state index is 10.5. The van der Waals surface area contributed by atoms with Crippen LogP contribution in [0.2, 0.25) is 0 Å². The fourth-order valence-corrected chi connectivity index (χ4v) is 1.81. The van der Waals surface area contributed by atoms with E-state index in [1.165, 1.54) is 44.9 Å². The molecule has 2 nitrogen and oxygen atoms in total. The summed E-state index contributed by atoms with van der Waals surface area (Å²) in [6, 6.07) is 0. The number of hydrogen-bond donors (Lipinski definition) is 1. The molecule has 0 rings (SSSR count). The van der Waals surface area contributed by atoms with Crippen LogP contribution in [0.3, 0.4) is 0 Å². The van der Waals surface area contributed by atoms with Crippen LogP contribution < -0.4 is 0 Å². The van der Waals surface area contributed by atoms with Crippen molar-refractivity contribution in [3.8, 4) is 0 Å². The van der Waals surface area contributed by atoms with E-state index in [2.05, 4.69) is 6.92 Å². The van der Waals surface area contributed by atoms with Gasteiger partial charge in [-0.25, -0.2) is 0 Å². The van der Waals surface area contributed by atoms with Crippen LogP contribution in [0.1, 0.15) is 86.7 Å². The van der Waals surface area contributed by atoms with E-state index in [0.717, 1.165) is 12.8 Å². The second kappa shape index (κ2) is 12.5. The minimum Gasteiger partial charge on any atom is -0.481 e. The lowest BCUT2D eigenvalue weighted by atomic mass is 10.1. The van der Waals surface area contributed by atoms with Crippen LogP contribution in [0.5, 0.6) is 0 Å². The highest BCUT2D eigenvalue weighted by molar-refractivity contribution is 5.66. The van der Waals surface area contributed by atoms with Crippen LogP contribution in [0.15, 0.2) is 0 Å². The Morgan fingerprint density at radius 1 is 0.875 bits per heavy atom. The van der Waals surface area contributed by atoms with Gasteiger partial charge in [0.1, 0.15) is 0 Å². The molecule has 0 saturated heterocycles. The van der Waals surface area contributed by atoms with E-state index in [0.29, 0.717) is 6.42 Å². The largest absolute Gasteiger partial charge is 0.481 e. The van der Waals surface area contributed by atoms with Crippen LogP contribution in [-0.4, -0.2) is 11.1 Å². The van der Waals surface area contributed by atoms with Gasteiger partial charge in [0.15, 0.2) is 0 Å². The third kappa shape index (κ3) is 13.5. The van der Waals surface area contributed by atoms with Gasteiger partial charge in [-0.2, -0.15) is 0 Å². The van der Waals surface area contributed by atoms with Crippen LogP contribution in [0.4, 0.5) is 0 Å². The lowest BCUT2D eigenvalue weighted by molar-refractivity contribution is -0.137. The molecule has 0 aromatic carbocycles. The molecule has 1 N–H and O–H groups in total. The van der Waals surface area contributed by atoms with Crippen molar-refractivity contribution < 1.29 is 12.6 Å². The van der Waals surface area contributed by atoms with Crippen molar-refractivity contribution in [2.24, 2.45) is 0 Å². The van der Waals surface area contributed by atoms with E-state index < -0.39 is 12.3 Å². The molecule has 0 aliphatic carbocycles. The summed E-state index contributed by atoms with van der Waals surface area (Å²) >= 11 is 0. The molecule has 0 unspecified atom stereocenters. The molecule has 0 amide bonds. The summed E-state index contributed by atoms with van der Waals surface area (Å²) in [5.41, 5.74) is 0. The summed E-state index contributed by atoms with van der Waals surface area (Å²) in [5, 5.41) is 8.61. The summed E-state index contributed by atoms with van der Waals surface area (Å²) in [7, 11) is 0.